The van der Waals surface area contributed by atoms with Crippen LogP contribution in [-0.4, -0.2) is 76.4 Å². The highest BCUT2D eigenvalue weighted by Gasteiger charge is 2.15. The van der Waals surface area contributed by atoms with Gasteiger partial charge in [0.15, 0.2) is 5.96 Å². The Balaban J connectivity index is 3.90. The summed E-state index contributed by atoms with van der Waals surface area (Å²) in [5.41, 5.74) is -0.501. The van der Waals surface area contributed by atoms with Crippen molar-refractivity contribution in [1.82, 2.24) is 20.3 Å². The lowest BCUT2D eigenvalue weighted by atomic mass is 10.2. The van der Waals surface area contributed by atoms with Crippen LogP contribution >= 0.6 is 0 Å². The van der Waals surface area contributed by atoms with Crippen molar-refractivity contribution in [3.63, 3.8) is 0 Å². The molecule has 0 aliphatic carbocycles. The molecule has 0 aromatic carbocycles. The van der Waals surface area contributed by atoms with E-state index in [1.54, 1.807) is 7.05 Å². The van der Waals surface area contributed by atoms with E-state index in [4.69, 9.17) is 4.74 Å². The van der Waals surface area contributed by atoms with Crippen molar-refractivity contribution in [1.29, 1.82) is 0 Å². The lowest BCUT2D eigenvalue weighted by Gasteiger charge is -2.19. The summed E-state index contributed by atoms with van der Waals surface area (Å²) >= 11 is 0. The number of carbonyl (C=O) groups is 1. The first kappa shape index (κ1) is 24.5. The molecule has 0 saturated carbocycles. The molecule has 0 heterocycles. The number of guanidine groups is 1. The van der Waals surface area contributed by atoms with E-state index in [1.165, 1.54) is 10.6 Å². The van der Waals surface area contributed by atoms with E-state index < -0.39 is 21.7 Å². The van der Waals surface area contributed by atoms with Crippen LogP contribution in [-0.2, 0) is 14.8 Å². The molecule has 10 heteroatoms. The Bertz CT molecular complexity index is 543. The molecule has 26 heavy (non-hydrogen) atoms. The van der Waals surface area contributed by atoms with Crippen LogP contribution in [0.1, 0.15) is 40.5 Å². The minimum absolute atomic E-state index is 0.425. The normalized spacial score (nSPS) is 12.8. The van der Waals surface area contributed by atoms with Gasteiger partial charge >= 0.3 is 6.09 Å². The van der Waals surface area contributed by atoms with Crippen molar-refractivity contribution in [3.05, 3.63) is 0 Å². The number of sulfonamides is 1. The van der Waals surface area contributed by atoms with Gasteiger partial charge in [-0.1, -0.05) is 6.92 Å². The fraction of sp³-hybridized carbons (Fsp3) is 0.875. The zero-order valence-corrected chi connectivity index (χ0v) is 17.7. The second kappa shape index (κ2) is 11.9. The maximum absolute atomic E-state index is 11.5. The van der Waals surface area contributed by atoms with Crippen LogP contribution in [0, 0.1) is 0 Å². The van der Waals surface area contributed by atoms with E-state index in [2.05, 4.69) is 20.9 Å². The second-order valence-electron chi connectivity index (χ2n) is 6.82. The summed E-state index contributed by atoms with van der Waals surface area (Å²) in [6, 6.07) is 0. The van der Waals surface area contributed by atoms with E-state index >= 15 is 0 Å². The summed E-state index contributed by atoms with van der Waals surface area (Å²) in [5.74, 6) is 0.643. The van der Waals surface area contributed by atoms with Crippen LogP contribution in [0.25, 0.3) is 0 Å². The monoisotopic (exact) mass is 393 g/mol. The summed E-state index contributed by atoms with van der Waals surface area (Å²) in [4.78, 5) is 15.6. The summed E-state index contributed by atoms with van der Waals surface area (Å²) in [5, 5.41) is 8.97. The minimum Gasteiger partial charge on any atom is -0.444 e. The molecule has 3 N–H and O–H groups in total. The molecule has 0 atom stereocenters. The Morgan fingerprint density at radius 2 is 1.62 bits per heavy atom. The zero-order chi connectivity index (χ0) is 20.2. The molecule has 0 radical (unpaired) electrons. The highest BCUT2D eigenvalue weighted by Crippen LogP contribution is 2.06. The number of aliphatic imine (C=N–C) groups is 1. The van der Waals surface area contributed by atoms with Crippen molar-refractivity contribution in [2.75, 3.05) is 46.0 Å². The Hall–Kier alpha value is -1.55. The molecule has 0 rings (SSSR count). The number of hydrogen-bond acceptors (Lipinski definition) is 5. The standard InChI is InChI=1S/C16H35N5O4S/c1-7-21(26(6,23)24)13-9-12-19-14(17-5)18-10-8-11-20-15(22)25-16(2,3)4/h7-13H2,1-6H3,(H,20,22)(H2,17,18,19). The number of nitrogens with zero attached hydrogens (tertiary/aromatic N) is 2. The number of hydrogen-bond donors (Lipinski definition) is 3. The maximum Gasteiger partial charge on any atom is 0.407 e. The van der Waals surface area contributed by atoms with Gasteiger partial charge in [0.25, 0.3) is 0 Å². The van der Waals surface area contributed by atoms with E-state index in [0.717, 1.165) is 6.42 Å². The SMILES string of the molecule is CCN(CCCNC(=NC)NCCCNC(=O)OC(C)(C)C)S(C)(=O)=O. The van der Waals surface area contributed by atoms with Gasteiger partial charge in [0, 0.05) is 39.8 Å². The molecule has 0 aromatic heterocycles. The Morgan fingerprint density at radius 3 is 2.08 bits per heavy atom. The third-order valence-corrected chi connectivity index (χ3v) is 4.62. The largest absolute Gasteiger partial charge is 0.444 e. The van der Waals surface area contributed by atoms with Crippen molar-refractivity contribution >= 4 is 22.1 Å². The lowest BCUT2D eigenvalue weighted by molar-refractivity contribution is 0.0527. The van der Waals surface area contributed by atoms with Crippen molar-refractivity contribution in [2.45, 2.75) is 46.1 Å². The summed E-state index contributed by atoms with van der Waals surface area (Å²) < 4.78 is 29.6. The molecule has 0 unspecified atom stereocenters. The number of carbonyl (C=O) groups excluding carboxylic acids is 1. The molecule has 0 saturated heterocycles. The fourth-order valence-corrected chi connectivity index (χ4v) is 2.97. The average molecular weight is 394 g/mol. The smallest absolute Gasteiger partial charge is 0.407 e. The van der Waals surface area contributed by atoms with Gasteiger partial charge in [0.2, 0.25) is 10.0 Å². The summed E-state index contributed by atoms with van der Waals surface area (Å²) in [6.07, 6.45) is 2.20. The Morgan fingerprint density at radius 1 is 1.08 bits per heavy atom. The molecule has 0 aromatic rings. The Labute approximate surface area is 158 Å². The number of rotatable bonds is 10. The summed E-state index contributed by atoms with van der Waals surface area (Å²) in [7, 11) is -1.48. The van der Waals surface area contributed by atoms with Gasteiger partial charge in [0.05, 0.1) is 6.26 Å². The van der Waals surface area contributed by atoms with E-state index in [-0.39, 0.29) is 0 Å². The predicted octanol–water partition coefficient (Wildman–Crippen LogP) is 0.738. The third kappa shape index (κ3) is 12.8. The molecule has 0 spiro atoms. The molecule has 0 aliphatic heterocycles. The number of nitrogens with one attached hydrogen (secondary N) is 3. The summed E-state index contributed by atoms with van der Waals surface area (Å²) in [6.45, 7) is 9.97. The van der Waals surface area contributed by atoms with Gasteiger partial charge in [-0.2, -0.15) is 0 Å². The topological polar surface area (TPSA) is 112 Å². The number of alkyl carbamates (subject to hydrolysis) is 1. The quantitative estimate of drug-likeness (QED) is 0.287. The van der Waals surface area contributed by atoms with Crippen molar-refractivity contribution in [3.8, 4) is 0 Å². The lowest BCUT2D eigenvalue weighted by Crippen LogP contribution is -2.40. The first-order chi connectivity index (χ1) is 12.0. The van der Waals surface area contributed by atoms with Crippen molar-refractivity contribution < 1.29 is 17.9 Å². The first-order valence-corrected chi connectivity index (χ1v) is 10.7. The second-order valence-corrected chi connectivity index (χ2v) is 8.80. The van der Waals surface area contributed by atoms with Gasteiger partial charge in [0.1, 0.15) is 5.60 Å². The van der Waals surface area contributed by atoms with Gasteiger partial charge < -0.3 is 20.7 Å². The minimum atomic E-state index is -3.15. The van der Waals surface area contributed by atoms with Crippen LogP contribution in [0.4, 0.5) is 4.79 Å². The van der Waals surface area contributed by atoms with Crippen LogP contribution in [0.15, 0.2) is 4.99 Å². The van der Waals surface area contributed by atoms with Gasteiger partial charge in [-0.3, -0.25) is 4.99 Å². The molecule has 0 bridgehead atoms. The van der Waals surface area contributed by atoms with E-state index in [0.29, 0.717) is 45.1 Å². The van der Waals surface area contributed by atoms with Crippen LogP contribution in [0.5, 0.6) is 0 Å². The third-order valence-electron chi connectivity index (χ3n) is 3.24. The molecular formula is C16H35N5O4S. The van der Waals surface area contributed by atoms with Crippen LogP contribution < -0.4 is 16.0 Å². The Kier molecular flexibility index (Phi) is 11.2. The molecular weight excluding hydrogens is 358 g/mol. The number of ether oxygens (including phenoxy) is 1. The predicted molar refractivity (Wildman–Crippen MR) is 105 cm³/mol. The highest BCUT2D eigenvalue weighted by molar-refractivity contribution is 7.88. The zero-order valence-electron chi connectivity index (χ0n) is 16.9. The van der Waals surface area contributed by atoms with Crippen LogP contribution in [0.2, 0.25) is 0 Å². The van der Waals surface area contributed by atoms with Crippen molar-refractivity contribution in [2.24, 2.45) is 4.99 Å². The van der Waals surface area contributed by atoms with E-state index in [9.17, 15) is 13.2 Å². The molecule has 1 amide bonds. The maximum atomic E-state index is 11.5. The van der Waals surface area contributed by atoms with Gasteiger partial charge in [-0.05, 0) is 33.6 Å². The molecule has 0 aliphatic rings. The van der Waals surface area contributed by atoms with Gasteiger partial charge in [-0.15, -0.1) is 0 Å². The first-order valence-electron chi connectivity index (χ1n) is 8.86. The molecule has 0 fully saturated rings. The fourth-order valence-electron chi connectivity index (χ4n) is 2.04. The molecule has 154 valence electrons. The number of amides is 1. The van der Waals surface area contributed by atoms with E-state index in [1.807, 2.05) is 27.7 Å². The average Bonchev–Trinajstić information content (AvgIpc) is 2.49. The molecule has 9 nitrogen and oxygen atoms in total. The van der Waals surface area contributed by atoms with Crippen LogP contribution in [0.3, 0.4) is 0 Å². The highest BCUT2D eigenvalue weighted by atomic mass is 32.2. The van der Waals surface area contributed by atoms with Gasteiger partial charge in [-0.25, -0.2) is 17.5 Å².